The number of benzene rings is 2. The molecule has 2 heterocycles. The molecule has 0 bridgehead atoms. The standard InChI is InChI=1S/C22H21BrN4O2/c1-15(28)25-19-3-2-4-20-18(19)8-11-27(20)14-22(29)24-9-12-26-10-7-16-5-6-17(23)13-21(16)26/h2-8,10-11,13H,9,12,14H2,1H3,(H,24,29)(H,25,28). The minimum absolute atomic E-state index is 0.0509. The normalized spacial score (nSPS) is 11.1. The molecule has 0 unspecified atom stereocenters. The molecule has 0 aliphatic rings. The predicted molar refractivity (Wildman–Crippen MR) is 119 cm³/mol. The second-order valence-corrected chi connectivity index (χ2v) is 7.84. The fourth-order valence-electron chi connectivity index (χ4n) is 3.54. The first-order valence-electron chi connectivity index (χ1n) is 9.38. The molecule has 6 nitrogen and oxygen atoms in total. The highest BCUT2D eigenvalue weighted by Crippen LogP contribution is 2.24. The molecule has 4 aromatic rings. The molecule has 0 radical (unpaired) electrons. The molecule has 7 heteroatoms. The van der Waals surface area contributed by atoms with Crippen LogP contribution in [0.3, 0.4) is 0 Å². The minimum Gasteiger partial charge on any atom is -0.353 e. The Bertz CT molecular complexity index is 1210. The van der Waals surface area contributed by atoms with Gasteiger partial charge in [-0.25, -0.2) is 0 Å². The van der Waals surface area contributed by atoms with Gasteiger partial charge in [0.05, 0.1) is 11.2 Å². The van der Waals surface area contributed by atoms with Crippen molar-refractivity contribution in [1.82, 2.24) is 14.5 Å². The quantitative estimate of drug-likeness (QED) is 0.461. The van der Waals surface area contributed by atoms with Crippen LogP contribution in [0.15, 0.2) is 65.4 Å². The smallest absolute Gasteiger partial charge is 0.240 e. The van der Waals surface area contributed by atoms with Crippen LogP contribution in [0, 0.1) is 0 Å². The van der Waals surface area contributed by atoms with E-state index >= 15 is 0 Å². The molecule has 0 aliphatic carbocycles. The molecule has 148 valence electrons. The fraction of sp³-hybridized carbons (Fsp3) is 0.182. The molecule has 0 fully saturated rings. The topological polar surface area (TPSA) is 68.1 Å². The van der Waals surface area contributed by atoms with E-state index in [9.17, 15) is 9.59 Å². The molecular weight excluding hydrogens is 432 g/mol. The Kier molecular flexibility index (Phi) is 5.40. The van der Waals surface area contributed by atoms with Gasteiger partial charge < -0.3 is 19.8 Å². The van der Waals surface area contributed by atoms with Gasteiger partial charge in [0.25, 0.3) is 0 Å². The van der Waals surface area contributed by atoms with Gasteiger partial charge >= 0.3 is 0 Å². The van der Waals surface area contributed by atoms with Gasteiger partial charge in [0, 0.05) is 47.8 Å². The van der Waals surface area contributed by atoms with E-state index in [-0.39, 0.29) is 18.4 Å². The number of anilines is 1. The SMILES string of the molecule is CC(=O)Nc1cccc2c1ccn2CC(=O)NCCn1ccc2ccc(Br)cc21. The lowest BCUT2D eigenvalue weighted by Crippen LogP contribution is -2.30. The fourth-order valence-corrected chi connectivity index (χ4v) is 3.89. The summed E-state index contributed by atoms with van der Waals surface area (Å²) in [5.41, 5.74) is 2.79. The summed E-state index contributed by atoms with van der Waals surface area (Å²) < 4.78 is 5.05. The molecular formula is C22H21BrN4O2. The maximum atomic E-state index is 12.4. The van der Waals surface area contributed by atoms with Crippen LogP contribution in [-0.2, 0) is 22.7 Å². The maximum absolute atomic E-state index is 12.4. The van der Waals surface area contributed by atoms with Crippen LogP contribution in [0.5, 0.6) is 0 Å². The minimum atomic E-state index is -0.118. The van der Waals surface area contributed by atoms with Crippen molar-refractivity contribution >= 4 is 55.2 Å². The Morgan fingerprint density at radius 3 is 2.66 bits per heavy atom. The van der Waals surface area contributed by atoms with Crippen molar-refractivity contribution in [2.75, 3.05) is 11.9 Å². The molecule has 2 aromatic carbocycles. The predicted octanol–water partition coefficient (Wildman–Crippen LogP) is 4.13. The van der Waals surface area contributed by atoms with Gasteiger partial charge in [0.15, 0.2) is 0 Å². The zero-order valence-electron chi connectivity index (χ0n) is 16.0. The molecule has 0 saturated heterocycles. The lowest BCUT2D eigenvalue weighted by molar-refractivity contribution is -0.121. The lowest BCUT2D eigenvalue weighted by Gasteiger charge is -2.10. The van der Waals surface area contributed by atoms with Crippen molar-refractivity contribution in [1.29, 1.82) is 0 Å². The van der Waals surface area contributed by atoms with E-state index in [2.05, 4.69) is 49.3 Å². The van der Waals surface area contributed by atoms with Crippen molar-refractivity contribution in [2.24, 2.45) is 0 Å². The molecule has 4 rings (SSSR count). The maximum Gasteiger partial charge on any atom is 0.240 e. The Balaban J connectivity index is 1.40. The van der Waals surface area contributed by atoms with Gasteiger partial charge in [-0.2, -0.15) is 0 Å². The third-order valence-electron chi connectivity index (χ3n) is 4.85. The number of nitrogens with zero attached hydrogens (tertiary/aromatic N) is 2. The number of fused-ring (bicyclic) bond motifs is 2. The van der Waals surface area contributed by atoms with Gasteiger partial charge in [-0.15, -0.1) is 0 Å². The van der Waals surface area contributed by atoms with Crippen LogP contribution in [0.1, 0.15) is 6.92 Å². The third-order valence-corrected chi connectivity index (χ3v) is 5.34. The van der Waals surface area contributed by atoms with E-state index in [0.717, 1.165) is 26.6 Å². The van der Waals surface area contributed by atoms with Crippen LogP contribution in [-0.4, -0.2) is 27.5 Å². The highest BCUT2D eigenvalue weighted by molar-refractivity contribution is 9.10. The average molecular weight is 453 g/mol. The summed E-state index contributed by atoms with van der Waals surface area (Å²) in [6.07, 6.45) is 3.90. The Hall–Kier alpha value is -3.06. The Labute approximate surface area is 176 Å². The number of nitrogens with one attached hydrogen (secondary N) is 2. The van der Waals surface area contributed by atoms with Gasteiger partial charge in [-0.1, -0.05) is 28.1 Å². The second-order valence-electron chi connectivity index (χ2n) is 6.93. The van der Waals surface area contributed by atoms with E-state index in [0.29, 0.717) is 13.1 Å². The van der Waals surface area contributed by atoms with Gasteiger partial charge in [-0.3, -0.25) is 9.59 Å². The van der Waals surface area contributed by atoms with Gasteiger partial charge in [-0.05, 0) is 41.8 Å². The largest absolute Gasteiger partial charge is 0.353 e. The van der Waals surface area contributed by atoms with Crippen LogP contribution in [0.2, 0.25) is 0 Å². The van der Waals surface area contributed by atoms with Crippen LogP contribution < -0.4 is 10.6 Å². The monoisotopic (exact) mass is 452 g/mol. The van der Waals surface area contributed by atoms with Crippen LogP contribution >= 0.6 is 15.9 Å². The highest BCUT2D eigenvalue weighted by Gasteiger charge is 2.10. The molecule has 0 spiro atoms. The summed E-state index contributed by atoms with van der Waals surface area (Å²) in [4.78, 5) is 23.8. The summed E-state index contributed by atoms with van der Waals surface area (Å²) in [5, 5.41) is 7.90. The number of hydrogen-bond acceptors (Lipinski definition) is 2. The molecule has 29 heavy (non-hydrogen) atoms. The lowest BCUT2D eigenvalue weighted by atomic mass is 10.2. The van der Waals surface area contributed by atoms with Crippen molar-refractivity contribution < 1.29 is 9.59 Å². The van der Waals surface area contributed by atoms with Crippen molar-refractivity contribution in [3.8, 4) is 0 Å². The molecule has 2 aromatic heterocycles. The number of halogens is 1. The number of amides is 2. The number of aromatic nitrogens is 2. The van der Waals surface area contributed by atoms with Crippen LogP contribution in [0.25, 0.3) is 21.8 Å². The second kappa shape index (κ2) is 8.13. The Morgan fingerprint density at radius 1 is 1.00 bits per heavy atom. The zero-order chi connectivity index (χ0) is 20.4. The molecule has 0 aliphatic heterocycles. The molecule has 2 N–H and O–H groups in total. The van der Waals surface area contributed by atoms with Crippen LogP contribution in [0.4, 0.5) is 5.69 Å². The first kappa shape index (κ1) is 19.3. The van der Waals surface area contributed by atoms with E-state index in [4.69, 9.17) is 0 Å². The van der Waals surface area contributed by atoms with Crippen molar-refractivity contribution in [3.05, 3.63) is 65.4 Å². The first-order valence-corrected chi connectivity index (χ1v) is 10.2. The summed E-state index contributed by atoms with van der Waals surface area (Å²) in [6, 6.07) is 15.8. The van der Waals surface area contributed by atoms with Crippen molar-refractivity contribution in [2.45, 2.75) is 20.0 Å². The summed E-state index contributed by atoms with van der Waals surface area (Å²) in [7, 11) is 0. The van der Waals surface area contributed by atoms with Crippen molar-refractivity contribution in [3.63, 3.8) is 0 Å². The third kappa shape index (κ3) is 4.19. The molecule has 0 saturated carbocycles. The van der Waals surface area contributed by atoms with E-state index in [1.165, 1.54) is 12.3 Å². The number of hydrogen-bond donors (Lipinski definition) is 2. The number of carbonyl (C=O) groups excluding carboxylic acids is 2. The van der Waals surface area contributed by atoms with E-state index in [1.54, 1.807) is 0 Å². The van der Waals surface area contributed by atoms with Gasteiger partial charge in [0.2, 0.25) is 11.8 Å². The molecule has 2 amide bonds. The average Bonchev–Trinajstić information content (AvgIpc) is 3.26. The van der Waals surface area contributed by atoms with Gasteiger partial charge in [0.1, 0.15) is 6.54 Å². The van der Waals surface area contributed by atoms with E-state index < -0.39 is 0 Å². The summed E-state index contributed by atoms with van der Waals surface area (Å²) in [6.45, 7) is 2.96. The Morgan fingerprint density at radius 2 is 1.83 bits per heavy atom. The van der Waals surface area contributed by atoms with E-state index in [1.807, 2.05) is 47.3 Å². The summed E-state index contributed by atoms with van der Waals surface area (Å²) in [5.74, 6) is -0.169. The zero-order valence-corrected chi connectivity index (χ0v) is 17.6. The first-order chi connectivity index (χ1) is 14.0. The summed E-state index contributed by atoms with van der Waals surface area (Å²) >= 11 is 3.50. The highest BCUT2D eigenvalue weighted by atomic mass is 79.9. The molecule has 0 atom stereocenters. The number of rotatable bonds is 6. The number of carbonyl (C=O) groups is 2.